The molecular weight excluding hydrogens is 378 g/mol. The van der Waals surface area contributed by atoms with E-state index in [1.807, 2.05) is 18.2 Å². The van der Waals surface area contributed by atoms with Gasteiger partial charge in [0.2, 0.25) is 5.89 Å². The summed E-state index contributed by atoms with van der Waals surface area (Å²) in [6.07, 6.45) is 0. The van der Waals surface area contributed by atoms with Gasteiger partial charge in [0, 0.05) is 4.90 Å². The van der Waals surface area contributed by atoms with Crippen LogP contribution in [0.3, 0.4) is 0 Å². The van der Waals surface area contributed by atoms with Crippen LogP contribution < -0.4 is 4.74 Å². The number of carbonyl (C=O) groups excluding carboxylic acids is 1. The first-order valence-electron chi connectivity index (χ1n) is 8.47. The van der Waals surface area contributed by atoms with E-state index in [0.717, 1.165) is 4.90 Å². The van der Waals surface area contributed by atoms with Crippen molar-refractivity contribution in [1.29, 1.82) is 5.26 Å². The SMILES string of the molecule is Cc1noc(CSc2ccccc2C(=O)OCCOc2ccc(C#N)cc2)n1. The number of carbonyl (C=O) groups is 1. The minimum atomic E-state index is -0.423. The van der Waals surface area contributed by atoms with Crippen LogP contribution in [0.2, 0.25) is 0 Å². The average Bonchev–Trinajstić information content (AvgIpc) is 3.15. The highest BCUT2D eigenvalue weighted by atomic mass is 32.2. The third-order valence-corrected chi connectivity index (χ3v) is 4.65. The lowest BCUT2D eigenvalue weighted by atomic mass is 10.2. The van der Waals surface area contributed by atoms with Crippen LogP contribution in [0.4, 0.5) is 0 Å². The molecular formula is C20H17N3O4S. The number of esters is 1. The molecule has 28 heavy (non-hydrogen) atoms. The van der Waals surface area contributed by atoms with Crippen molar-refractivity contribution in [2.45, 2.75) is 17.6 Å². The zero-order valence-electron chi connectivity index (χ0n) is 15.1. The average molecular weight is 395 g/mol. The standard InChI is InChI=1S/C20H17N3O4S/c1-14-22-19(27-23-14)13-28-18-5-3-2-4-17(18)20(24)26-11-10-25-16-8-6-15(12-21)7-9-16/h2-9H,10-11,13H2,1H3. The number of hydrogen-bond acceptors (Lipinski definition) is 8. The molecule has 0 radical (unpaired) electrons. The maximum absolute atomic E-state index is 12.4. The highest BCUT2D eigenvalue weighted by Crippen LogP contribution is 2.26. The van der Waals surface area contributed by atoms with E-state index in [4.69, 9.17) is 19.3 Å². The highest BCUT2D eigenvalue weighted by molar-refractivity contribution is 7.98. The molecule has 0 aliphatic carbocycles. The molecule has 3 aromatic rings. The van der Waals surface area contributed by atoms with E-state index >= 15 is 0 Å². The zero-order chi connectivity index (χ0) is 19.8. The van der Waals surface area contributed by atoms with Crippen molar-refractivity contribution in [2.24, 2.45) is 0 Å². The third kappa shape index (κ3) is 5.34. The van der Waals surface area contributed by atoms with Crippen LogP contribution >= 0.6 is 11.8 Å². The molecule has 0 amide bonds. The first kappa shape index (κ1) is 19.5. The van der Waals surface area contributed by atoms with Crippen LogP contribution in [0.5, 0.6) is 5.75 Å². The Hall–Kier alpha value is -3.31. The fourth-order valence-corrected chi connectivity index (χ4v) is 3.17. The third-order valence-electron chi connectivity index (χ3n) is 3.60. The van der Waals surface area contributed by atoms with Gasteiger partial charge in [-0.15, -0.1) is 11.8 Å². The van der Waals surface area contributed by atoms with Gasteiger partial charge in [-0.2, -0.15) is 10.2 Å². The maximum Gasteiger partial charge on any atom is 0.339 e. The van der Waals surface area contributed by atoms with Gasteiger partial charge in [0.15, 0.2) is 5.82 Å². The maximum atomic E-state index is 12.4. The van der Waals surface area contributed by atoms with E-state index < -0.39 is 5.97 Å². The lowest BCUT2D eigenvalue weighted by Crippen LogP contribution is -2.13. The van der Waals surface area contributed by atoms with E-state index in [0.29, 0.717) is 34.3 Å². The van der Waals surface area contributed by atoms with Crippen LogP contribution in [-0.4, -0.2) is 29.3 Å². The number of nitrogens with zero attached hydrogens (tertiary/aromatic N) is 3. The van der Waals surface area contributed by atoms with Gasteiger partial charge in [0.05, 0.1) is 22.9 Å². The number of thioether (sulfide) groups is 1. The molecule has 0 atom stereocenters. The number of rotatable bonds is 8. The number of hydrogen-bond donors (Lipinski definition) is 0. The van der Waals surface area contributed by atoms with Crippen LogP contribution in [0.15, 0.2) is 57.9 Å². The minimum Gasteiger partial charge on any atom is -0.490 e. The van der Waals surface area contributed by atoms with E-state index in [1.165, 1.54) is 11.8 Å². The predicted octanol–water partition coefficient (Wildman–Crippen LogP) is 3.78. The lowest BCUT2D eigenvalue weighted by molar-refractivity contribution is 0.0446. The largest absolute Gasteiger partial charge is 0.490 e. The summed E-state index contributed by atoms with van der Waals surface area (Å²) in [4.78, 5) is 17.3. The summed E-state index contributed by atoms with van der Waals surface area (Å²) in [7, 11) is 0. The fraction of sp³-hybridized carbons (Fsp3) is 0.200. The Balaban J connectivity index is 1.50. The molecule has 8 heteroatoms. The van der Waals surface area contributed by atoms with Gasteiger partial charge in [-0.3, -0.25) is 0 Å². The summed E-state index contributed by atoms with van der Waals surface area (Å²) < 4.78 is 15.9. The van der Waals surface area contributed by atoms with E-state index in [2.05, 4.69) is 10.1 Å². The van der Waals surface area contributed by atoms with Crippen molar-refractivity contribution in [3.8, 4) is 11.8 Å². The Morgan fingerprint density at radius 3 is 2.68 bits per heavy atom. The summed E-state index contributed by atoms with van der Waals surface area (Å²) in [5.74, 6) is 1.73. The first-order chi connectivity index (χ1) is 13.7. The molecule has 0 fully saturated rings. The van der Waals surface area contributed by atoms with Gasteiger partial charge in [-0.1, -0.05) is 17.3 Å². The number of aryl methyl sites for hydroxylation is 1. The molecule has 142 valence electrons. The monoisotopic (exact) mass is 395 g/mol. The Bertz CT molecular complexity index is 980. The summed E-state index contributed by atoms with van der Waals surface area (Å²) >= 11 is 1.43. The van der Waals surface area contributed by atoms with Crippen molar-refractivity contribution in [1.82, 2.24) is 10.1 Å². The summed E-state index contributed by atoms with van der Waals surface area (Å²) in [5.41, 5.74) is 1.03. The minimum absolute atomic E-state index is 0.112. The number of ether oxygens (including phenoxy) is 2. The number of benzene rings is 2. The normalized spacial score (nSPS) is 10.3. The summed E-state index contributed by atoms with van der Waals surface area (Å²) in [6.45, 7) is 2.08. The van der Waals surface area contributed by atoms with Crippen LogP contribution in [0.1, 0.15) is 27.6 Å². The molecule has 0 saturated heterocycles. The summed E-state index contributed by atoms with van der Waals surface area (Å²) in [5, 5.41) is 12.5. The topological polar surface area (TPSA) is 98.2 Å². The second-order valence-electron chi connectivity index (χ2n) is 5.64. The Morgan fingerprint density at radius 1 is 1.18 bits per heavy atom. The molecule has 0 unspecified atom stereocenters. The molecule has 0 N–H and O–H groups in total. The van der Waals surface area contributed by atoms with E-state index in [9.17, 15) is 4.79 Å². The highest BCUT2D eigenvalue weighted by Gasteiger charge is 2.14. The van der Waals surface area contributed by atoms with E-state index in [-0.39, 0.29) is 13.2 Å². The van der Waals surface area contributed by atoms with Crippen molar-refractivity contribution < 1.29 is 18.8 Å². The van der Waals surface area contributed by atoms with Gasteiger partial charge >= 0.3 is 5.97 Å². The molecule has 7 nitrogen and oxygen atoms in total. The van der Waals surface area contributed by atoms with E-state index in [1.54, 1.807) is 43.3 Å². The number of aromatic nitrogens is 2. The van der Waals surface area contributed by atoms with Gasteiger partial charge in [-0.05, 0) is 43.3 Å². The van der Waals surface area contributed by atoms with Gasteiger partial charge in [0.25, 0.3) is 0 Å². The molecule has 0 saturated carbocycles. The van der Waals surface area contributed by atoms with Crippen molar-refractivity contribution in [2.75, 3.05) is 13.2 Å². The smallest absolute Gasteiger partial charge is 0.339 e. The first-order valence-corrected chi connectivity index (χ1v) is 9.45. The van der Waals surface area contributed by atoms with Crippen molar-refractivity contribution in [3.63, 3.8) is 0 Å². The van der Waals surface area contributed by atoms with Gasteiger partial charge < -0.3 is 14.0 Å². The molecule has 0 aliphatic heterocycles. The Morgan fingerprint density at radius 2 is 1.96 bits per heavy atom. The van der Waals surface area contributed by atoms with Crippen LogP contribution in [0, 0.1) is 18.3 Å². The number of nitriles is 1. The Labute approximate surface area is 166 Å². The van der Waals surface area contributed by atoms with Gasteiger partial charge in [-0.25, -0.2) is 4.79 Å². The molecule has 3 rings (SSSR count). The van der Waals surface area contributed by atoms with Crippen molar-refractivity contribution >= 4 is 17.7 Å². The molecule has 0 bridgehead atoms. The van der Waals surface area contributed by atoms with Gasteiger partial charge in [0.1, 0.15) is 19.0 Å². The van der Waals surface area contributed by atoms with Crippen LogP contribution in [-0.2, 0) is 10.5 Å². The Kier molecular flexibility index (Phi) is 6.65. The quantitative estimate of drug-likeness (QED) is 0.323. The molecule has 2 aromatic carbocycles. The lowest BCUT2D eigenvalue weighted by Gasteiger charge is -2.10. The summed E-state index contributed by atoms with van der Waals surface area (Å²) in [6, 6.07) is 16.0. The molecule has 0 aliphatic rings. The predicted molar refractivity (Wildman–Crippen MR) is 102 cm³/mol. The zero-order valence-corrected chi connectivity index (χ0v) is 15.9. The second-order valence-corrected chi connectivity index (χ2v) is 6.66. The van der Waals surface area contributed by atoms with Crippen LogP contribution in [0.25, 0.3) is 0 Å². The molecule has 1 aromatic heterocycles. The fourth-order valence-electron chi connectivity index (χ4n) is 2.30. The molecule has 0 spiro atoms. The van der Waals surface area contributed by atoms with Crippen molar-refractivity contribution in [3.05, 3.63) is 71.4 Å². The second kappa shape index (κ2) is 9.58. The molecule has 1 heterocycles.